The zero-order valence-electron chi connectivity index (χ0n) is 48.4. The first-order valence-electron chi connectivity index (χ1n) is 32.3. The number of esters is 1. The van der Waals surface area contributed by atoms with Crippen molar-refractivity contribution in [1.29, 1.82) is 0 Å². The average molecular weight is 1010 g/mol. The van der Waals surface area contributed by atoms with Crippen LogP contribution in [0.3, 0.4) is 0 Å². The highest BCUT2D eigenvalue weighted by molar-refractivity contribution is 5.76. The molecule has 2 atom stereocenters. The molecule has 0 radical (unpaired) electrons. The van der Waals surface area contributed by atoms with Crippen LogP contribution >= 0.6 is 0 Å². The Morgan fingerprint density at radius 1 is 0.389 bits per heavy atom. The van der Waals surface area contributed by atoms with E-state index in [0.717, 1.165) is 51.4 Å². The number of ether oxygens (including phenoxy) is 1. The van der Waals surface area contributed by atoms with Gasteiger partial charge in [-0.1, -0.05) is 307 Å². The molecule has 0 aromatic carbocycles. The Balaban J connectivity index is 3.43. The third-order valence-electron chi connectivity index (χ3n) is 14.9. The average Bonchev–Trinajstić information content (AvgIpc) is 3.38. The van der Waals surface area contributed by atoms with Gasteiger partial charge in [0.25, 0.3) is 0 Å². The van der Waals surface area contributed by atoms with Gasteiger partial charge < -0.3 is 20.3 Å². The smallest absolute Gasteiger partial charge is 0.305 e. The van der Waals surface area contributed by atoms with Crippen molar-refractivity contribution in [3.63, 3.8) is 0 Å². The number of aliphatic hydroxyl groups is 2. The van der Waals surface area contributed by atoms with Crippen molar-refractivity contribution >= 4 is 11.9 Å². The van der Waals surface area contributed by atoms with Crippen LogP contribution in [0.4, 0.5) is 0 Å². The summed E-state index contributed by atoms with van der Waals surface area (Å²) in [5.41, 5.74) is 0. The Labute approximate surface area is 449 Å². The molecule has 424 valence electrons. The molecule has 0 bridgehead atoms. The van der Waals surface area contributed by atoms with E-state index in [1.165, 1.54) is 270 Å². The summed E-state index contributed by atoms with van der Waals surface area (Å²) in [6.45, 7) is 4.89. The molecule has 0 aliphatic heterocycles. The van der Waals surface area contributed by atoms with Crippen LogP contribution in [-0.2, 0) is 14.3 Å². The van der Waals surface area contributed by atoms with Gasteiger partial charge in [0, 0.05) is 12.8 Å². The maximum atomic E-state index is 12.5. The molecular formula is C66H125NO5. The second-order valence-electron chi connectivity index (χ2n) is 22.1. The summed E-state index contributed by atoms with van der Waals surface area (Å²) in [6.07, 6.45) is 77.6. The molecule has 0 saturated carbocycles. The summed E-state index contributed by atoms with van der Waals surface area (Å²) in [5.74, 6) is -0.0712. The molecular weight excluding hydrogens is 887 g/mol. The highest BCUT2D eigenvalue weighted by atomic mass is 16.5. The van der Waals surface area contributed by atoms with E-state index in [-0.39, 0.29) is 18.5 Å². The van der Waals surface area contributed by atoms with Crippen molar-refractivity contribution in [3.8, 4) is 0 Å². The second kappa shape index (κ2) is 61.6. The molecule has 0 aliphatic carbocycles. The Bertz CT molecular complexity index is 1170. The fraction of sp³-hybridized carbons (Fsp3) is 0.879. The number of amides is 1. The summed E-state index contributed by atoms with van der Waals surface area (Å²) >= 11 is 0. The van der Waals surface area contributed by atoms with Crippen LogP contribution in [0.2, 0.25) is 0 Å². The molecule has 1 amide bonds. The van der Waals surface area contributed by atoms with E-state index in [4.69, 9.17) is 4.74 Å². The van der Waals surface area contributed by atoms with E-state index in [1.54, 1.807) is 6.08 Å². The van der Waals surface area contributed by atoms with Crippen LogP contribution in [0.25, 0.3) is 0 Å². The summed E-state index contributed by atoms with van der Waals surface area (Å²) in [7, 11) is 0. The summed E-state index contributed by atoms with van der Waals surface area (Å²) in [5, 5.41) is 23.2. The summed E-state index contributed by atoms with van der Waals surface area (Å²) in [6, 6.07) is -0.631. The molecule has 72 heavy (non-hydrogen) atoms. The zero-order valence-corrected chi connectivity index (χ0v) is 48.4. The molecule has 6 nitrogen and oxygen atoms in total. The third-order valence-corrected chi connectivity index (χ3v) is 14.9. The minimum absolute atomic E-state index is 0.00378. The summed E-state index contributed by atoms with van der Waals surface area (Å²) < 4.78 is 5.48. The zero-order chi connectivity index (χ0) is 52.2. The molecule has 2 unspecified atom stereocenters. The Kier molecular flexibility index (Phi) is 60.0. The maximum absolute atomic E-state index is 12.5. The molecule has 0 aromatic rings. The topological polar surface area (TPSA) is 95.9 Å². The number of hydrogen-bond donors (Lipinski definition) is 3. The highest BCUT2D eigenvalue weighted by Gasteiger charge is 2.18. The van der Waals surface area contributed by atoms with Gasteiger partial charge in [-0.05, 0) is 64.2 Å². The van der Waals surface area contributed by atoms with Gasteiger partial charge in [0.1, 0.15) is 0 Å². The highest BCUT2D eigenvalue weighted by Crippen LogP contribution is 2.18. The molecule has 6 heteroatoms. The number of nitrogens with one attached hydrogen (secondary N) is 1. The van der Waals surface area contributed by atoms with E-state index >= 15 is 0 Å². The minimum Gasteiger partial charge on any atom is -0.466 e. The van der Waals surface area contributed by atoms with E-state index in [2.05, 4.69) is 43.5 Å². The van der Waals surface area contributed by atoms with Crippen molar-refractivity contribution in [2.24, 2.45) is 0 Å². The molecule has 0 rings (SSSR count). The largest absolute Gasteiger partial charge is 0.466 e. The standard InChI is InChI=1S/C66H125NO5/c1-3-5-7-9-11-13-15-17-19-20-21-24-27-31-34-38-42-46-50-54-58-64(69)63(62-68)67-65(70)59-55-51-47-43-39-35-32-28-25-22-23-26-29-33-37-41-45-49-53-57-61-72-66(71)60-56-52-48-44-40-36-30-18-16-14-12-10-8-6-4-2/h12,14,18,30,54,58,63-64,68-69H,3-11,13,15-17,19-29,31-53,55-57,59-62H2,1-2H3,(H,67,70)/b14-12-,30-18-,58-54+. The predicted octanol–water partition coefficient (Wildman–Crippen LogP) is 20.4. The molecule has 0 aliphatic rings. The molecule has 0 saturated heterocycles. The van der Waals surface area contributed by atoms with Gasteiger partial charge in [-0.25, -0.2) is 0 Å². The molecule has 0 spiro atoms. The Morgan fingerprint density at radius 2 is 0.694 bits per heavy atom. The molecule has 3 N–H and O–H groups in total. The first kappa shape index (κ1) is 70.1. The van der Waals surface area contributed by atoms with Crippen molar-refractivity contribution < 1.29 is 24.5 Å². The van der Waals surface area contributed by atoms with Crippen LogP contribution in [0.5, 0.6) is 0 Å². The monoisotopic (exact) mass is 1010 g/mol. The number of allylic oxidation sites excluding steroid dienone is 5. The SMILES string of the molecule is CCCCC/C=C\C/C=C\CCCCCCCC(=O)OCCCCCCCCCCCCCCCCCCCCCCC(=O)NC(CO)C(O)/C=C/CCCCCCCCCCCCCCCCCCCC. The first-order valence-corrected chi connectivity index (χ1v) is 32.3. The van der Waals surface area contributed by atoms with Gasteiger partial charge in [0.2, 0.25) is 5.91 Å². The van der Waals surface area contributed by atoms with Gasteiger partial charge in [0.15, 0.2) is 0 Å². The van der Waals surface area contributed by atoms with E-state index in [1.807, 2.05) is 6.08 Å². The van der Waals surface area contributed by atoms with E-state index in [9.17, 15) is 19.8 Å². The van der Waals surface area contributed by atoms with Crippen molar-refractivity contribution in [2.45, 2.75) is 360 Å². The van der Waals surface area contributed by atoms with Crippen LogP contribution in [0, 0.1) is 0 Å². The number of unbranched alkanes of at least 4 members (excludes halogenated alkanes) is 45. The lowest BCUT2D eigenvalue weighted by Crippen LogP contribution is -2.45. The van der Waals surface area contributed by atoms with Gasteiger partial charge in [-0.15, -0.1) is 0 Å². The Hall–Kier alpha value is -1.92. The van der Waals surface area contributed by atoms with Crippen LogP contribution < -0.4 is 5.32 Å². The van der Waals surface area contributed by atoms with Gasteiger partial charge >= 0.3 is 5.97 Å². The van der Waals surface area contributed by atoms with Crippen molar-refractivity contribution in [2.75, 3.05) is 13.2 Å². The number of carbonyl (C=O) groups excluding carboxylic acids is 2. The number of rotatable bonds is 60. The van der Waals surface area contributed by atoms with E-state index < -0.39 is 12.1 Å². The van der Waals surface area contributed by atoms with Crippen LogP contribution in [0.1, 0.15) is 348 Å². The van der Waals surface area contributed by atoms with Crippen LogP contribution in [0.15, 0.2) is 36.5 Å². The number of hydrogen-bond acceptors (Lipinski definition) is 5. The minimum atomic E-state index is -0.847. The lowest BCUT2D eigenvalue weighted by Gasteiger charge is -2.20. The molecule has 0 fully saturated rings. The molecule has 0 heterocycles. The van der Waals surface area contributed by atoms with Gasteiger partial charge in [-0.3, -0.25) is 9.59 Å². The normalized spacial score (nSPS) is 12.8. The Morgan fingerprint density at radius 3 is 1.08 bits per heavy atom. The van der Waals surface area contributed by atoms with Crippen LogP contribution in [-0.4, -0.2) is 47.4 Å². The lowest BCUT2D eigenvalue weighted by atomic mass is 10.0. The summed E-state index contributed by atoms with van der Waals surface area (Å²) in [4.78, 5) is 24.6. The maximum Gasteiger partial charge on any atom is 0.305 e. The predicted molar refractivity (Wildman–Crippen MR) is 315 cm³/mol. The van der Waals surface area contributed by atoms with Crippen molar-refractivity contribution in [1.82, 2.24) is 5.32 Å². The number of aliphatic hydroxyl groups excluding tert-OH is 2. The number of carbonyl (C=O) groups is 2. The molecule has 0 aromatic heterocycles. The fourth-order valence-corrected chi connectivity index (χ4v) is 9.96. The van der Waals surface area contributed by atoms with Crippen molar-refractivity contribution in [3.05, 3.63) is 36.5 Å². The first-order chi connectivity index (χ1) is 35.5. The van der Waals surface area contributed by atoms with E-state index in [0.29, 0.717) is 19.4 Å². The lowest BCUT2D eigenvalue weighted by molar-refractivity contribution is -0.143. The second-order valence-corrected chi connectivity index (χ2v) is 22.1. The quantitative estimate of drug-likeness (QED) is 0.0320. The third kappa shape index (κ3) is 57.4. The fourth-order valence-electron chi connectivity index (χ4n) is 9.96. The van der Waals surface area contributed by atoms with Gasteiger partial charge in [-0.2, -0.15) is 0 Å². The van der Waals surface area contributed by atoms with Gasteiger partial charge in [0.05, 0.1) is 25.4 Å².